The molecule has 20 heavy (non-hydrogen) atoms. The van der Waals surface area contributed by atoms with Crippen LogP contribution in [0.3, 0.4) is 0 Å². The normalized spacial score (nSPS) is 18.2. The average molecular weight is 345 g/mol. The van der Waals surface area contributed by atoms with Crippen molar-refractivity contribution in [1.82, 2.24) is 10.2 Å². The highest BCUT2D eigenvalue weighted by molar-refractivity contribution is 9.10. The van der Waals surface area contributed by atoms with Crippen LogP contribution in [-0.4, -0.2) is 48.2 Å². The molecule has 1 aliphatic heterocycles. The summed E-state index contributed by atoms with van der Waals surface area (Å²) in [6.07, 6.45) is 2.13. The highest BCUT2D eigenvalue weighted by atomic mass is 79.9. The van der Waals surface area contributed by atoms with Crippen LogP contribution in [0.1, 0.15) is 23.2 Å². The molecule has 0 aromatic heterocycles. The van der Waals surface area contributed by atoms with Gasteiger partial charge < -0.3 is 15.3 Å². The van der Waals surface area contributed by atoms with Crippen LogP contribution >= 0.6 is 15.9 Å². The molecule has 1 saturated heterocycles. The van der Waals surface area contributed by atoms with Crippen LogP contribution in [0.5, 0.6) is 0 Å². The van der Waals surface area contributed by atoms with E-state index in [0.29, 0.717) is 16.6 Å². The molecule has 1 aliphatic rings. The molecule has 110 valence electrons. The number of nitrogens with one attached hydrogen (secondary N) is 1. The van der Waals surface area contributed by atoms with Gasteiger partial charge in [-0.15, -0.1) is 0 Å². The smallest absolute Gasteiger partial charge is 0.255 e. The molecule has 0 radical (unpaired) electrons. The molecule has 0 aliphatic carbocycles. The molecule has 1 atom stereocenters. The number of carbonyl (C=O) groups is 1. The predicted octanol–water partition coefficient (Wildman–Crippen LogP) is 1.77. The summed E-state index contributed by atoms with van der Waals surface area (Å²) in [5.74, 6) is -0.584. The number of nitrogens with zero attached hydrogens (tertiary/aromatic N) is 1. The van der Waals surface area contributed by atoms with Gasteiger partial charge in [0.2, 0.25) is 0 Å². The van der Waals surface area contributed by atoms with Crippen LogP contribution in [0.2, 0.25) is 0 Å². The van der Waals surface area contributed by atoms with E-state index in [0.717, 1.165) is 19.4 Å². The van der Waals surface area contributed by atoms with Gasteiger partial charge in [0.25, 0.3) is 5.91 Å². The van der Waals surface area contributed by atoms with Gasteiger partial charge in [-0.2, -0.15) is 0 Å². The molecule has 0 bridgehead atoms. The Morgan fingerprint density at radius 3 is 2.95 bits per heavy atom. The Morgan fingerprint density at radius 2 is 2.35 bits per heavy atom. The van der Waals surface area contributed by atoms with Crippen LogP contribution in [0, 0.1) is 5.82 Å². The van der Waals surface area contributed by atoms with E-state index in [-0.39, 0.29) is 30.9 Å². The zero-order valence-electron chi connectivity index (χ0n) is 11.1. The number of carbonyl (C=O) groups excluding carboxylic acids is 1. The summed E-state index contributed by atoms with van der Waals surface area (Å²) in [5.41, 5.74) is 0.415. The fraction of sp³-hybridized carbons (Fsp3) is 0.500. The van der Waals surface area contributed by atoms with Gasteiger partial charge in [-0.25, -0.2) is 4.39 Å². The van der Waals surface area contributed by atoms with Gasteiger partial charge in [0.1, 0.15) is 5.82 Å². The molecule has 2 rings (SSSR count). The molecule has 6 heteroatoms. The Morgan fingerprint density at radius 1 is 1.55 bits per heavy atom. The van der Waals surface area contributed by atoms with Crippen molar-refractivity contribution in [3.05, 3.63) is 34.1 Å². The minimum absolute atomic E-state index is 0.0860. The Labute approximate surface area is 126 Å². The van der Waals surface area contributed by atoms with Gasteiger partial charge in [0.05, 0.1) is 12.2 Å². The third-order valence-corrected chi connectivity index (χ3v) is 4.08. The molecular formula is C14H18BrFN2O2. The van der Waals surface area contributed by atoms with E-state index in [1.54, 1.807) is 4.90 Å². The van der Waals surface area contributed by atoms with Gasteiger partial charge >= 0.3 is 0 Å². The third kappa shape index (κ3) is 3.77. The molecule has 1 aromatic carbocycles. The van der Waals surface area contributed by atoms with Crippen LogP contribution in [0.25, 0.3) is 0 Å². The molecular weight excluding hydrogens is 327 g/mol. The number of benzene rings is 1. The molecule has 0 spiro atoms. The Balaban J connectivity index is 2.12. The largest absolute Gasteiger partial charge is 0.395 e. The lowest BCUT2D eigenvalue weighted by atomic mass is 10.1. The summed E-state index contributed by atoms with van der Waals surface area (Å²) in [6.45, 7) is 1.72. The summed E-state index contributed by atoms with van der Waals surface area (Å²) < 4.78 is 13.5. The first-order chi connectivity index (χ1) is 9.61. The van der Waals surface area contributed by atoms with Crippen LogP contribution < -0.4 is 5.32 Å². The lowest BCUT2D eigenvalue weighted by molar-refractivity contribution is 0.0705. The summed E-state index contributed by atoms with van der Waals surface area (Å²) in [4.78, 5) is 14.1. The maximum absolute atomic E-state index is 13.1. The van der Waals surface area contributed by atoms with E-state index in [2.05, 4.69) is 21.2 Å². The fourth-order valence-corrected chi connectivity index (χ4v) is 2.93. The van der Waals surface area contributed by atoms with Crippen LogP contribution in [0.15, 0.2) is 22.7 Å². The Bertz CT molecular complexity index is 478. The highest BCUT2D eigenvalue weighted by Gasteiger charge is 2.23. The summed E-state index contributed by atoms with van der Waals surface area (Å²) in [6, 6.07) is 4.28. The third-order valence-electron chi connectivity index (χ3n) is 3.42. The summed E-state index contributed by atoms with van der Waals surface area (Å²) in [5, 5.41) is 12.5. The molecule has 2 N–H and O–H groups in total. The molecule has 1 amide bonds. The number of aliphatic hydroxyl groups excluding tert-OH is 1. The van der Waals surface area contributed by atoms with E-state index >= 15 is 0 Å². The van der Waals surface area contributed by atoms with E-state index in [1.165, 1.54) is 18.2 Å². The average Bonchev–Trinajstić information content (AvgIpc) is 2.90. The monoisotopic (exact) mass is 344 g/mol. The quantitative estimate of drug-likeness (QED) is 0.855. The van der Waals surface area contributed by atoms with Crippen molar-refractivity contribution in [1.29, 1.82) is 0 Å². The van der Waals surface area contributed by atoms with Crippen molar-refractivity contribution in [3.63, 3.8) is 0 Å². The second kappa shape index (κ2) is 7.15. The molecule has 1 fully saturated rings. The minimum atomic E-state index is -0.389. The highest BCUT2D eigenvalue weighted by Crippen LogP contribution is 2.20. The predicted molar refractivity (Wildman–Crippen MR) is 78.1 cm³/mol. The van der Waals surface area contributed by atoms with Gasteiger partial charge in [0.15, 0.2) is 0 Å². The minimum Gasteiger partial charge on any atom is -0.395 e. The number of rotatable bonds is 5. The molecule has 1 aromatic rings. The molecule has 1 heterocycles. The standard InChI is InChI=1S/C14H18BrFN2O2/c15-13-8-10(16)3-4-12(13)14(20)18(6-7-19)9-11-2-1-5-17-11/h3-4,8,11,17,19H,1-2,5-7,9H2. The second-order valence-electron chi connectivity index (χ2n) is 4.89. The lowest BCUT2D eigenvalue weighted by Crippen LogP contribution is -2.42. The van der Waals surface area contributed by atoms with Crippen molar-refractivity contribution < 1.29 is 14.3 Å². The SMILES string of the molecule is O=C(c1ccc(F)cc1Br)N(CCO)CC1CCCN1. The van der Waals surface area contributed by atoms with Crippen molar-refractivity contribution in [3.8, 4) is 0 Å². The number of halogens is 2. The lowest BCUT2D eigenvalue weighted by Gasteiger charge is -2.25. The fourth-order valence-electron chi connectivity index (χ4n) is 2.41. The second-order valence-corrected chi connectivity index (χ2v) is 5.75. The van der Waals surface area contributed by atoms with Crippen molar-refractivity contribution in [2.24, 2.45) is 0 Å². The van der Waals surface area contributed by atoms with Crippen LogP contribution in [0.4, 0.5) is 4.39 Å². The van der Waals surface area contributed by atoms with Gasteiger partial charge in [0, 0.05) is 23.6 Å². The van der Waals surface area contributed by atoms with Crippen molar-refractivity contribution >= 4 is 21.8 Å². The number of hydrogen-bond donors (Lipinski definition) is 2. The summed E-state index contributed by atoms with van der Waals surface area (Å²) in [7, 11) is 0. The maximum atomic E-state index is 13.1. The number of hydrogen-bond acceptors (Lipinski definition) is 3. The van der Waals surface area contributed by atoms with Gasteiger partial charge in [-0.3, -0.25) is 4.79 Å². The first-order valence-electron chi connectivity index (χ1n) is 6.70. The zero-order chi connectivity index (χ0) is 14.5. The number of aliphatic hydroxyl groups is 1. The molecule has 1 unspecified atom stereocenters. The Hall–Kier alpha value is -0.980. The topological polar surface area (TPSA) is 52.6 Å². The molecule has 4 nitrogen and oxygen atoms in total. The first-order valence-corrected chi connectivity index (χ1v) is 7.49. The molecule has 0 saturated carbocycles. The maximum Gasteiger partial charge on any atom is 0.255 e. The van der Waals surface area contributed by atoms with Crippen molar-refractivity contribution in [2.75, 3.05) is 26.2 Å². The van der Waals surface area contributed by atoms with E-state index in [1.807, 2.05) is 0 Å². The first kappa shape index (κ1) is 15.4. The van der Waals surface area contributed by atoms with E-state index in [4.69, 9.17) is 5.11 Å². The summed E-state index contributed by atoms with van der Waals surface area (Å²) >= 11 is 3.21. The zero-order valence-corrected chi connectivity index (χ0v) is 12.7. The Kier molecular flexibility index (Phi) is 5.51. The van der Waals surface area contributed by atoms with E-state index < -0.39 is 0 Å². The van der Waals surface area contributed by atoms with Crippen LogP contribution in [-0.2, 0) is 0 Å². The number of amides is 1. The van der Waals surface area contributed by atoms with Gasteiger partial charge in [-0.1, -0.05) is 0 Å². The van der Waals surface area contributed by atoms with E-state index in [9.17, 15) is 9.18 Å². The van der Waals surface area contributed by atoms with Gasteiger partial charge in [-0.05, 0) is 53.5 Å². The van der Waals surface area contributed by atoms with Crippen molar-refractivity contribution in [2.45, 2.75) is 18.9 Å².